The monoisotopic (exact) mass is 296 g/mol. The number of carbonyl (C=O) groups is 2. The number of amides is 2. The Balaban J connectivity index is 2.21. The molecule has 2 aromatic carbocycles. The van der Waals surface area contributed by atoms with Crippen LogP contribution in [0.4, 0.5) is 5.69 Å². The van der Waals surface area contributed by atoms with Crippen LogP contribution in [0.15, 0.2) is 42.5 Å². The highest BCUT2D eigenvalue weighted by Crippen LogP contribution is 2.31. The van der Waals surface area contributed by atoms with E-state index in [0.29, 0.717) is 22.4 Å². The van der Waals surface area contributed by atoms with Crippen LogP contribution in [0.1, 0.15) is 31.8 Å². The highest BCUT2D eigenvalue weighted by Gasteiger charge is 2.37. The third-order valence-electron chi connectivity index (χ3n) is 3.53. The molecule has 0 unspecified atom stereocenters. The highest BCUT2D eigenvalue weighted by atomic mass is 32.1. The first kappa shape index (κ1) is 13.5. The van der Waals surface area contributed by atoms with Gasteiger partial charge >= 0.3 is 0 Å². The number of anilines is 1. The number of benzene rings is 2. The lowest BCUT2D eigenvalue weighted by molar-refractivity contribution is 0.0926. The number of hydrogen-bond donors (Lipinski definition) is 1. The average Bonchev–Trinajstić information content (AvgIpc) is 2.71. The molecule has 0 aromatic heterocycles. The predicted molar refractivity (Wildman–Crippen MR) is 84.6 cm³/mol. The molecule has 0 aliphatic carbocycles. The molecule has 21 heavy (non-hydrogen) atoms. The third kappa shape index (κ3) is 1.94. The van der Waals surface area contributed by atoms with E-state index in [-0.39, 0.29) is 16.8 Å². The van der Waals surface area contributed by atoms with Gasteiger partial charge in [0.05, 0.1) is 16.8 Å². The van der Waals surface area contributed by atoms with Gasteiger partial charge in [0.2, 0.25) is 0 Å². The summed E-state index contributed by atoms with van der Waals surface area (Å²) in [6.07, 6.45) is 0. The lowest BCUT2D eigenvalue weighted by atomic mass is 10.1. The quantitative estimate of drug-likeness (QED) is 0.683. The Bertz CT molecular complexity index is 764. The SMILES string of the molecule is Cc1cccc(N2C(=O)c3ccccc3C2=O)c1C(N)=S. The number of hydrogen-bond acceptors (Lipinski definition) is 3. The fourth-order valence-electron chi connectivity index (χ4n) is 2.57. The van der Waals surface area contributed by atoms with Gasteiger partial charge in [-0.2, -0.15) is 0 Å². The van der Waals surface area contributed by atoms with Gasteiger partial charge in [-0.25, -0.2) is 4.90 Å². The number of nitrogens with zero attached hydrogens (tertiary/aromatic N) is 1. The Hall–Kier alpha value is -2.53. The molecule has 0 radical (unpaired) electrons. The van der Waals surface area contributed by atoms with E-state index in [1.807, 2.05) is 13.0 Å². The van der Waals surface area contributed by atoms with E-state index in [4.69, 9.17) is 18.0 Å². The van der Waals surface area contributed by atoms with Crippen molar-refractivity contribution in [3.8, 4) is 0 Å². The molecule has 5 heteroatoms. The topological polar surface area (TPSA) is 63.4 Å². The minimum Gasteiger partial charge on any atom is -0.389 e. The second-order valence-corrected chi connectivity index (χ2v) is 5.26. The van der Waals surface area contributed by atoms with Gasteiger partial charge in [-0.15, -0.1) is 0 Å². The van der Waals surface area contributed by atoms with Crippen molar-refractivity contribution in [2.75, 3.05) is 4.90 Å². The Labute approximate surface area is 127 Å². The number of imide groups is 1. The van der Waals surface area contributed by atoms with Crippen LogP contribution in [0.25, 0.3) is 0 Å². The van der Waals surface area contributed by atoms with Gasteiger partial charge in [0.25, 0.3) is 11.8 Å². The van der Waals surface area contributed by atoms with Crippen LogP contribution < -0.4 is 10.6 Å². The van der Waals surface area contributed by atoms with E-state index < -0.39 is 0 Å². The summed E-state index contributed by atoms with van der Waals surface area (Å²) in [6, 6.07) is 12.1. The molecule has 2 N–H and O–H groups in total. The van der Waals surface area contributed by atoms with Crippen LogP contribution in [0.2, 0.25) is 0 Å². The molecule has 2 amide bonds. The summed E-state index contributed by atoms with van der Waals surface area (Å²) < 4.78 is 0. The number of carbonyl (C=O) groups excluding carboxylic acids is 2. The van der Waals surface area contributed by atoms with Crippen molar-refractivity contribution in [2.45, 2.75) is 6.92 Å². The zero-order valence-corrected chi connectivity index (χ0v) is 12.1. The third-order valence-corrected chi connectivity index (χ3v) is 3.74. The van der Waals surface area contributed by atoms with Gasteiger partial charge < -0.3 is 5.73 Å². The maximum Gasteiger partial charge on any atom is 0.266 e. The van der Waals surface area contributed by atoms with E-state index in [2.05, 4.69) is 0 Å². The summed E-state index contributed by atoms with van der Waals surface area (Å²) in [4.78, 5) is 26.3. The minimum absolute atomic E-state index is 0.166. The molecule has 0 atom stereocenters. The van der Waals surface area contributed by atoms with E-state index in [1.165, 1.54) is 0 Å². The van der Waals surface area contributed by atoms with Crippen LogP contribution >= 0.6 is 12.2 Å². The minimum atomic E-state index is -0.348. The molecular weight excluding hydrogens is 284 g/mol. The Morgan fingerprint density at radius 3 is 2.10 bits per heavy atom. The van der Waals surface area contributed by atoms with Crippen molar-refractivity contribution < 1.29 is 9.59 Å². The summed E-state index contributed by atoms with van der Waals surface area (Å²) in [5.74, 6) is -0.697. The van der Waals surface area contributed by atoms with Crippen LogP contribution in [-0.4, -0.2) is 16.8 Å². The van der Waals surface area contributed by atoms with E-state index in [0.717, 1.165) is 10.5 Å². The molecule has 4 nitrogen and oxygen atoms in total. The maximum absolute atomic E-state index is 12.5. The number of thiocarbonyl (C=S) groups is 1. The molecule has 1 aliphatic rings. The molecule has 0 spiro atoms. The van der Waals surface area contributed by atoms with Gasteiger partial charge in [0.15, 0.2) is 0 Å². The summed E-state index contributed by atoms with van der Waals surface area (Å²) in [5, 5.41) is 0. The fourth-order valence-corrected chi connectivity index (χ4v) is 2.83. The summed E-state index contributed by atoms with van der Waals surface area (Å²) in [6.45, 7) is 1.84. The van der Waals surface area contributed by atoms with Crippen LogP contribution in [0.3, 0.4) is 0 Å². The first-order valence-electron chi connectivity index (χ1n) is 6.39. The number of aryl methyl sites for hydroxylation is 1. The van der Waals surface area contributed by atoms with E-state index in [1.54, 1.807) is 36.4 Å². The molecule has 1 aliphatic heterocycles. The second-order valence-electron chi connectivity index (χ2n) is 4.82. The van der Waals surface area contributed by atoms with Gasteiger partial charge in [-0.1, -0.05) is 36.5 Å². The molecule has 0 saturated carbocycles. The summed E-state index contributed by atoms with van der Waals surface area (Å²) >= 11 is 5.06. The molecular formula is C16H12N2O2S. The van der Waals surface area contributed by atoms with Crippen molar-refractivity contribution >= 4 is 34.7 Å². The number of rotatable bonds is 2. The van der Waals surface area contributed by atoms with E-state index >= 15 is 0 Å². The molecule has 0 saturated heterocycles. The van der Waals surface area contributed by atoms with Crippen molar-refractivity contribution in [3.63, 3.8) is 0 Å². The standard InChI is InChI=1S/C16H12N2O2S/c1-9-5-4-8-12(13(9)14(17)21)18-15(19)10-6-2-3-7-11(10)16(18)20/h2-8H,1H3,(H2,17,21). The maximum atomic E-state index is 12.5. The molecule has 0 bridgehead atoms. The first-order valence-corrected chi connectivity index (χ1v) is 6.80. The second kappa shape index (κ2) is 4.79. The van der Waals surface area contributed by atoms with Gasteiger partial charge in [0.1, 0.15) is 4.99 Å². The van der Waals surface area contributed by atoms with Crippen molar-refractivity contribution in [3.05, 3.63) is 64.7 Å². The summed E-state index contributed by atoms with van der Waals surface area (Å²) in [7, 11) is 0. The van der Waals surface area contributed by atoms with Crippen molar-refractivity contribution in [1.29, 1.82) is 0 Å². The molecule has 2 aromatic rings. The lowest BCUT2D eigenvalue weighted by Crippen LogP contribution is -2.32. The van der Waals surface area contributed by atoms with Crippen LogP contribution in [-0.2, 0) is 0 Å². The van der Waals surface area contributed by atoms with Gasteiger partial charge in [-0.05, 0) is 30.7 Å². The molecule has 3 rings (SSSR count). The molecule has 0 fully saturated rings. The average molecular weight is 296 g/mol. The van der Waals surface area contributed by atoms with E-state index in [9.17, 15) is 9.59 Å². The Morgan fingerprint density at radius 2 is 1.57 bits per heavy atom. The zero-order valence-electron chi connectivity index (χ0n) is 11.3. The number of nitrogens with two attached hydrogens (primary N) is 1. The Kier molecular flexibility index (Phi) is 3.07. The fraction of sp³-hybridized carbons (Fsp3) is 0.0625. The van der Waals surface area contributed by atoms with Gasteiger partial charge in [0, 0.05) is 5.56 Å². The largest absolute Gasteiger partial charge is 0.389 e. The van der Waals surface area contributed by atoms with Crippen molar-refractivity contribution in [2.24, 2.45) is 5.73 Å². The van der Waals surface area contributed by atoms with Crippen molar-refractivity contribution in [1.82, 2.24) is 0 Å². The summed E-state index contributed by atoms with van der Waals surface area (Å²) in [5.41, 5.74) is 8.39. The smallest absolute Gasteiger partial charge is 0.266 e. The normalized spacial score (nSPS) is 13.5. The Morgan fingerprint density at radius 1 is 1.00 bits per heavy atom. The lowest BCUT2D eigenvalue weighted by Gasteiger charge is -2.19. The van der Waals surface area contributed by atoms with Crippen LogP contribution in [0, 0.1) is 6.92 Å². The van der Waals surface area contributed by atoms with Crippen LogP contribution in [0.5, 0.6) is 0 Å². The van der Waals surface area contributed by atoms with Gasteiger partial charge in [-0.3, -0.25) is 9.59 Å². The highest BCUT2D eigenvalue weighted by molar-refractivity contribution is 7.80. The molecule has 1 heterocycles. The first-order chi connectivity index (χ1) is 10.0. The predicted octanol–water partition coefficient (Wildman–Crippen LogP) is 2.43. The number of fused-ring (bicyclic) bond motifs is 1. The zero-order chi connectivity index (χ0) is 15.1. The molecule has 104 valence electrons.